The van der Waals surface area contributed by atoms with Crippen LogP contribution in [0.25, 0.3) is 0 Å². The highest BCUT2D eigenvalue weighted by atomic mass is 16.7. The van der Waals surface area contributed by atoms with E-state index in [1.54, 1.807) is 7.11 Å². The third kappa shape index (κ3) is 10.2. The van der Waals surface area contributed by atoms with Crippen molar-refractivity contribution in [2.24, 2.45) is 0 Å². The van der Waals surface area contributed by atoms with Gasteiger partial charge in [0.05, 0.1) is 21.2 Å². The molecule has 0 radical (unpaired) electrons. The number of hydrogen-bond donors (Lipinski definition) is 0. The number of hydrogen-bond acceptors (Lipinski definition) is 1. The largest absolute Gasteiger partial charge is 0.207 e. The van der Waals surface area contributed by atoms with Gasteiger partial charge in [0, 0.05) is 0 Å². The summed E-state index contributed by atoms with van der Waals surface area (Å²) in [5.41, 5.74) is 0. The predicted molar refractivity (Wildman–Crippen MR) is 66.6 cm³/mol. The number of nitrogens with zero attached hydrogens (tertiary/aromatic N) is 1. The highest BCUT2D eigenvalue weighted by Gasteiger charge is 2.12. The Bertz CT molecular complexity index is 134. The van der Waals surface area contributed by atoms with Crippen molar-refractivity contribution in [3.63, 3.8) is 0 Å². The van der Waals surface area contributed by atoms with E-state index < -0.39 is 0 Å². The summed E-state index contributed by atoms with van der Waals surface area (Å²) < 4.78 is 0.690. The SMILES string of the molecule is CCCCCCCCCC[N+](C)(C)OC. The Balaban J connectivity index is 3.11. The highest BCUT2D eigenvalue weighted by molar-refractivity contribution is 4.45. The van der Waals surface area contributed by atoms with Crippen molar-refractivity contribution in [2.45, 2.75) is 58.3 Å². The molecule has 0 aromatic carbocycles. The normalized spacial score (nSPS) is 12.0. The van der Waals surface area contributed by atoms with Gasteiger partial charge in [0.2, 0.25) is 0 Å². The van der Waals surface area contributed by atoms with Gasteiger partial charge in [0.25, 0.3) is 0 Å². The lowest BCUT2D eigenvalue weighted by molar-refractivity contribution is -1.07. The molecule has 0 aliphatic carbocycles. The smallest absolute Gasteiger partial charge is 0.108 e. The minimum Gasteiger partial charge on any atom is -0.207 e. The Morgan fingerprint density at radius 3 is 1.73 bits per heavy atom. The van der Waals surface area contributed by atoms with E-state index in [2.05, 4.69) is 21.0 Å². The van der Waals surface area contributed by atoms with Gasteiger partial charge in [-0.3, -0.25) is 0 Å². The molecule has 0 aliphatic rings. The van der Waals surface area contributed by atoms with Crippen LogP contribution in [0, 0.1) is 0 Å². The molecule has 0 unspecified atom stereocenters. The maximum atomic E-state index is 5.33. The van der Waals surface area contributed by atoms with E-state index in [4.69, 9.17) is 4.84 Å². The highest BCUT2D eigenvalue weighted by Crippen LogP contribution is 2.09. The molecule has 2 nitrogen and oxygen atoms in total. The van der Waals surface area contributed by atoms with Gasteiger partial charge in [0.1, 0.15) is 6.54 Å². The van der Waals surface area contributed by atoms with Gasteiger partial charge < -0.3 is 0 Å². The van der Waals surface area contributed by atoms with E-state index in [1.165, 1.54) is 51.4 Å². The first-order valence-electron chi connectivity index (χ1n) is 6.51. The van der Waals surface area contributed by atoms with Gasteiger partial charge in [-0.1, -0.05) is 45.4 Å². The second-order valence-electron chi connectivity index (χ2n) is 4.95. The number of rotatable bonds is 10. The van der Waals surface area contributed by atoms with Gasteiger partial charge in [-0.05, 0) is 12.8 Å². The number of unbranched alkanes of at least 4 members (excludes halogenated alkanes) is 7. The van der Waals surface area contributed by atoms with Crippen LogP contribution in [0.3, 0.4) is 0 Å². The molecule has 2 heteroatoms. The van der Waals surface area contributed by atoms with Crippen molar-refractivity contribution in [1.29, 1.82) is 0 Å². The summed E-state index contributed by atoms with van der Waals surface area (Å²) in [5.74, 6) is 0. The van der Waals surface area contributed by atoms with Crippen LogP contribution < -0.4 is 0 Å². The molecule has 0 saturated heterocycles. The fraction of sp³-hybridized carbons (Fsp3) is 1.00. The van der Waals surface area contributed by atoms with Gasteiger partial charge in [-0.15, -0.1) is 0 Å². The van der Waals surface area contributed by atoms with Crippen LogP contribution in [0.4, 0.5) is 0 Å². The molecule has 0 N–H and O–H groups in total. The first-order chi connectivity index (χ1) is 7.12. The monoisotopic (exact) mass is 216 g/mol. The maximum absolute atomic E-state index is 5.33. The Morgan fingerprint density at radius 1 is 0.800 bits per heavy atom. The topological polar surface area (TPSA) is 9.23 Å². The summed E-state index contributed by atoms with van der Waals surface area (Å²) in [6.07, 6.45) is 11.1. The first kappa shape index (κ1) is 14.9. The van der Waals surface area contributed by atoms with E-state index in [0.717, 1.165) is 6.54 Å². The minimum absolute atomic E-state index is 0.690. The van der Waals surface area contributed by atoms with E-state index >= 15 is 0 Å². The quantitative estimate of drug-likeness (QED) is 0.307. The summed E-state index contributed by atoms with van der Waals surface area (Å²) in [7, 11) is 6.01. The van der Waals surface area contributed by atoms with Crippen LogP contribution in [0.1, 0.15) is 58.3 Å². The van der Waals surface area contributed by atoms with E-state index in [9.17, 15) is 0 Å². The van der Waals surface area contributed by atoms with Gasteiger partial charge in [-0.2, -0.15) is 4.65 Å². The van der Waals surface area contributed by atoms with Crippen molar-refractivity contribution >= 4 is 0 Å². The van der Waals surface area contributed by atoms with E-state index in [1.807, 2.05) is 0 Å². The molecule has 0 aliphatic heterocycles. The molecule has 0 atom stereocenters. The lowest BCUT2D eigenvalue weighted by atomic mass is 10.1. The third-order valence-corrected chi connectivity index (χ3v) is 3.04. The Labute approximate surface area is 96.2 Å². The lowest BCUT2D eigenvalue weighted by Gasteiger charge is -2.24. The summed E-state index contributed by atoms with van der Waals surface area (Å²) in [4.78, 5) is 5.33. The van der Waals surface area contributed by atoms with Crippen LogP contribution in [0.15, 0.2) is 0 Å². The molecule has 0 bridgehead atoms. The van der Waals surface area contributed by atoms with Crippen molar-refractivity contribution in [1.82, 2.24) is 0 Å². The molecular formula is C13H30NO+. The zero-order valence-electron chi connectivity index (χ0n) is 11.2. The molecule has 0 aromatic heterocycles. The Kier molecular flexibility index (Phi) is 9.12. The molecule has 0 heterocycles. The molecule has 0 rings (SSSR count). The van der Waals surface area contributed by atoms with Crippen LogP contribution in [-0.2, 0) is 4.84 Å². The minimum atomic E-state index is 0.690. The van der Waals surface area contributed by atoms with E-state index in [-0.39, 0.29) is 0 Å². The van der Waals surface area contributed by atoms with Crippen LogP contribution in [0.5, 0.6) is 0 Å². The van der Waals surface area contributed by atoms with Crippen molar-refractivity contribution < 1.29 is 9.48 Å². The number of quaternary nitrogens is 1. The summed E-state index contributed by atoms with van der Waals surface area (Å²) >= 11 is 0. The molecule has 0 amide bonds. The Morgan fingerprint density at radius 2 is 1.27 bits per heavy atom. The van der Waals surface area contributed by atoms with Crippen molar-refractivity contribution in [3.05, 3.63) is 0 Å². The molecule has 0 spiro atoms. The second-order valence-corrected chi connectivity index (χ2v) is 4.95. The third-order valence-electron chi connectivity index (χ3n) is 3.04. The average Bonchev–Trinajstić information content (AvgIpc) is 2.22. The molecule has 0 aromatic rings. The van der Waals surface area contributed by atoms with Crippen molar-refractivity contribution in [2.75, 3.05) is 27.7 Å². The van der Waals surface area contributed by atoms with Crippen LogP contribution in [0.2, 0.25) is 0 Å². The molecule has 92 valence electrons. The lowest BCUT2D eigenvalue weighted by Crippen LogP contribution is -2.38. The predicted octanol–water partition coefficient (Wildman–Crippen LogP) is 3.76. The molecule has 0 saturated carbocycles. The summed E-state index contributed by atoms with van der Waals surface area (Å²) in [5, 5.41) is 0. The average molecular weight is 216 g/mol. The fourth-order valence-electron chi connectivity index (χ4n) is 1.72. The fourth-order valence-corrected chi connectivity index (χ4v) is 1.72. The van der Waals surface area contributed by atoms with Gasteiger partial charge in [-0.25, -0.2) is 4.84 Å². The zero-order chi connectivity index (χ0) is 11.6. The standard InChI is InChI=1S/C13H30NO/c1-5-6-7-8-9-10-11-12-13-14(2,3)15-4/h5-13H2,1-4H3/q+1. The van der Waals surface area contributed by atoms with Crippen molar-refractivity contribution in [3.8, 4) is 0 Å². The summed E-state index contributed by atoms with van der Waals surface area (Å²) in [6, 6.07) is 0. The van der Waals surface area contributed by atoms with Gasteiger partial charge in [0.15, 0.2) is 0 Å². The Hall–Kier alpha value is -0.0800. The second kappa shape index (κ2) is 9.17. The molecule has 15 heavy (non-hydrogen) atoms. The summed E-state index contributed by atoms with van der Waals surface area (Å²) in [6.45, 7) is 3.40. The van der Waals surface area contributed by atoms with Crippen LogP contribution >= 0.6 is 0 Å². The van der Waals surface area contributed by atoms with Gasteiger partial charge >= 0.3 is 0 Å². The molecular weight excluding hydrogens is 186 g/mol. The zero-order valence-corrected chi connectivity index (χ0v) is 11.2. The van der Waals surface area contributed by atoms with E-state index in [0.29, 0.717) is 4.65 Å². The number of hydroxylamine groups is 3. The van der Waals surface area contributed by atoms with Crippen LogP contribution in [-0.4, -0.2) is 32.4 Å². The first-order valence-corrected chi connectivity index (χ1v) is 6.51. The molecule has 0 fully saturated rings. The maximum Gasteiger partial charge on any atom is 0.108 e.